The van der Waals surface area contributed by atoms with Crippen molar-refractivity contribution in [2.24, 2.45) is 0 Å². The highest BCUT2D eigenvalue weighted by Gasteiger charge is 2.07. The summed E-state index contributed by atoms with van der Waals surface area (Å²) in [4.78, 5) is 12.4. The average molecular weight is 216 g/mol. The number of thioether (sulfide) groups is 1. The van der Waals surface area contributed by atoms with Crippen LogP contribution in [0.3, 0.4) is 0 Å². The lowest BCUT2D eigenvalue weighted by molar-refractivity contribution is 0.0796. The van der Waals surface area contributed by atoms with Gasteiger partial charge in [-0.1, -0.05) is 5.21 Å². The molecular weight excluding hydrogens is 204 g/mol. The van der Waals surface area contributed by atoms with Gasteiger partial charge in [0.1, 0.15) is 5.03 Å². The van der Waals surface area contributed by atoms with E-state index < -0.39 is 6.09 Å². The highest BCUT2D eigenvalue weighted by Crippen LogP contribution is 2.11. The molecule has 0 aromatic carbocycles. The van der Waals surface area contributed by atoms with Crippen molar-refractivity contribution in [3.63, 3.8) is 0 Å². The normalized spacial score (nSPS) is 9.93. The molecule has 1 amide bonds. The van der Waals surface area contributed by atoms with E-state index in [1.807, 2.05) is 6.26 Å². The fraction of sp³-hybridized carbons (Fsp3) is 0.571. The number of carbonyl (C=O) groups excluding carboxylic acids is 1. The maximum atomic E-state index is 11.1. The molecular formula is C7H12N4O2S. The van der Waals surface area contributed by atoms with Gasteiger partial charge in [-0.3, -0.25) is 0 Å². The number of rotatable bonds is 3. The summed E-state index contributed by atoms with van der Waals surface area (Å²) in [6.07, 6.45) is 3.13. The van der Waals surface area contributed by atoms with Crippen LogP contribution in [-0.4, -0.2) is 46.3 Å². The topological polar surface area (TPSA) is 60.2 Å². The summed E-state index contributed by atoms with van der Waals surface area (Å²) in [5.74, 6) is 0. The number of amides is 1. The molecule has 7 heteroatoms. The Kier molecular flexibility index (Phi) is 3.75. The van der Waals surface area contributed by atoms with Gasteiger partial charge in [0.25, 0.3) is 0 Å². The summed E-state index contributed by atoms with van der Waals surface area (Å²) in [5.41, 5.74) is 0. The van der Waals surface area contributed by atoms with Crippen molar-refractivity contribution in [2.45, 2.75) is 11.8 Å². The number of hydrogen-bond donors (Lipinski definition) is 0. The Bertz CT molecular complexity index is 312. The van der Waals surface area contributed by atoms with Crippen LogP contribution in [0, 0.1) is 0 Å². The van der Waals surface area contributed by atoms with Crippen molar-refractivity contribution < 1.29 is 9.53 Å². The lowest BCUT2D eigenvalue weighted by Gasteiger charge is -2.11. The summed E-state index contributed by atoms with van der Waals surface area (Å²) in [6.45, 7) is 0.0905. The van der Waals surface area contributed by atoms with Crippen molar-refractivity contribution in [3.8, 4) is 0 Å². The second kappa shape index (κ2) is 4.85. The third kappa shape index (κ3) is 2.63. The van der Waals surface area contributed by atoms with Gasteiger partial charge in [-0.2, -0.15) is 0 Å². The van der Waals surface area contributed by atoms with E-state index in [9.17, 15) is 4.79 Å². The molecule has 0 atom stereocenters. The lowest BCUT2D eigenvalue weighted by atomic mass is 10.9. The first-order valence-electron chi connectivity index (χ1n) is 3.91. The summed E-state index contributed by atoms with van der Waals surface area (Å²) in [5, 5.41) is 8.33. The molecule has 0 saturated heterocycles. The zero-order chi connectivity index (χ0) is 10.6. The number of nitrogens with zero attached hydrogens (tertiary/aromatic N) is 4. The summed E-state index contributed by atoms with van der Waals surface area (Å²) in [6, 6.07) is 0. The van der Waals surface area contributed by atoms with Crippen molar-refractivity contribution in [3.05, 3.63) is 6.20 Å². The van der Waals surface area contributed by atoms with Gasteiger partial charge in [0.2, 0.25) is 0 Å². The number of aromatic nitrogens is 3. The second-order valence-electron chi connectivity index (χ2n) is 2.71. The Balaban J connectivity index is 2.49. The minimum Gasteiger partial charge on any atom is -0.426 e. The van der Waals surface area contributed by atoms with Crippen LogP contribution in [0.4, 0.5) is 4.79 Å². The molecule has 0 aliphatic rings. The molecule has 14 heavy (non-hydrogen) atoms. The van der Waals surface area contributed by atoms with E-state index in [0.717, 1.165) is 5.03 Å². The summed E-state index contributed by atoms with van der Waals surface area (Å²) in [7, 11) is 3.25. The Labute approximate surface area is 86.2 Å². The van der Waals surface area contributed by atoms with Gasteiger partial charge in [-0.05, 0) is 6.26 Å². The molecule has 0 aliphatic carbocycles. The first kappa shape index (κ1) is 10.8. The van der Waals surface area contributed by atoms with Crippen LogP contribution in [0.5, 0.6) is 0 Å². The van der Waals surface area contributed by atoms with E-state index in [4.69, 9.17) is 4.74 Å². The first-order valence-corrected chi connectivity index (χ1v) is 5.14. The van der Waals surface area contributed by atoms with Crippen molar-refractivity contribution in [1.82, 2.24) is 19.9 Å². The average Bonchev–Trinajstić information content (AvgIpc) is 2.60. The molecule has 78 valence electrons. The molecule has 0 radical (unpaired) electrons. The zero-order valence-electron chi connectivity index (χ0n) is 8.30. The second-order valence-corrected chi connectivity index (χ2v) is 3.54. The smallest absolute Gasteiger partial charge is 0.411 e. The van der Waals surface area contributed by atoms with Crippen LogP contribution in [-0.2, 0) is 11.5 Å². The van der Waals surface area contributed by atoms with Gasteiger partial charge in [-0.15, -0.1) is 16.9 Å². The maximum absolute atomic E-state index is 11.1. The molecule has 0 unspecified atom stereocenters. The molecule has 0 fully saturated rings. The third-order valence-corrected chi connectivity index (χ3v) is 2.20. The highest BCUT2D eigenvalue weighted by molar-refractivity contribution is 7.98. The van der Waals surface area contributed by atoms with E-state index >= 15 is 0 Å². The molecule has 0 N–H and O–H groups in total. The fourth-order valence-electron chi connectivity index (χ4n) is 0.741. The number of hydrogen-bond acceptors (Lipinski definition) is 5. The molecule has 0 bridgehead atoms. The monoisotopic (exact) mass is 216 g/mol. The first-order chi connectivity index (χ1) is 6.65. The molecule has 6 nitrogen and oxygen atoms in total. The molecule has 1 aromatic heterocycles. The summed E-state index contributed by atoms with van der Waals surface area (Å²) >= 11 is 1.50. The molecule has 1 heterocycles. The minimum atomic E-state index is -0.396. The van der Waals surface area contributed by atoms with E-state index in [2.05, 4.69) is 10.3 Å². The van der Waals surface area contributed by atoms with Gasteiger partial charge in [0.05, 0.1) is 6.20 Å². The lowest BCUT2D eigenvalue weighted by Crippen LogP contribution is -2.24. The Hall–Kier alpha value is -1.24. The largest absolute Gasteiger partial charge is 0.426 e. The SMILES string of the molecule is CSc1cnnn1COC(=O)N(C)C. The number of ether oxygens (including phenoxy) is 1. The van der Waals surface area contributed by atoms with E-state index in [-0.39, 0.29) is 6.73 Å². The third-order valence-electron chi connectivity index (χ3n) is 1.47. The van der Waals surface area contributed by atoms with Crippen molar-refractivity contribution in [2.75, 3.05) is 20.4 Å². The van der Waals surface area contributed by atoms with E-state index in [1.54, 1.807) is 20.3 Å². The van der Waals surface area contributed by atoms with Gasteiger partial charge < -0.3 is 9.64 Å². The van der Waals surface area contributed by atoms with Gasteiger partial charge in [-0.25, -0.2) is 9.48 Å². The van der Waals surface area contributed by atoms with Crippen LogP contribution in [0.25, 0.3) is 0 Å². The van der Waals surface area contributed by atoms with Crippen LogP contribution in [0.1, 0.15) is 0 Å². The van der Waals surface area contributed by atoms with Crippen LogP contribution < -0.4 is 0 Å². The Morgan fingerprint density at radius 1 is 1.71 bits per heavy atom. The molecule has 0 saturated carbocycles. The molecule has 1 aromatic rings. The predicted molar refractivity (Wildman–Crippen MR) is 52.0 cm³/mol. The molecule has 0 spiro atoms. The Morgan fingerprint density at radius 3 is 3.00 bits per heavy atom. The molecule has 1 rings (SSSR count). The minimum absolute atomic E-state index is 0.0905. The van der Waals surface area contributed by atoms with Crippen LogP contribution >= 0.6 is 11.8 Å². The van der Waals surface area contributed by atoms with Crippen LogP contribution in [0.2, 0.25) is 0 Å². The van der Waals surface area contributed by atoms with E-state index in [1.165, 1.54) is 21.3 Å². The zero-order valence-corrected chi connectivity index (χ0v) is 9.11. The van der Waals surface area contributed by atoms with Gasteiger partial charge >= 0.3 is 6.09 Å². The maximum Gasteiger partial charge on any atom is 0.411 e. The Morgan fingerprint density at radius 2 is 2.43 bits per heavy atom. The quantitative estimate of drug-likeness (QED) is 0.694. The summed E-state index contributed by atoms with van der Waals surface area (Å²) < 4.78 is 6.44. The van der Waals surface area contributed by atoms with E-state index in [0.29, 0.717) is 0 Å². The van der Waals surface area contributed by atoms with Crippen molar-refractivity contribution >= 4 is 17.9 Å². The fourth-order valence-corrected chi connectivity index (χ4v) is 1.19. The van der Waals surface area contributed by atoms with Gasteiger partial charge in [0, 0.05) is 14.1 Å². The number of carbonyl (C=O) groups is 1. The highest BCUT2D eigenvalue weighted by atomic mass is 32.2. The van der Waals surface area contributed by atoms with Crippen LogP contribution in [0.15, 0.2) is 11.2 Å². The van der Waals surface area contributed by atoms with Crippen molar-refractivity contribution in [1.29, 1.82) is 0 Å². The standard InChI is InChI=1S/C7H12N4O2S/c1-10(2)7(12)13-5-11-6(14-3)4-8-9-11/h4H,5H2,1-3H3. The molecule has 0 aliphatic heterocycles. The van der Waals surface area contributed by atoms with Gasteiger partial charge in [0.15, 0.2) is 6.73 Å². The predicted octanol–water partition coefficient (Wildman–Crippen LogP) is 0.656.